The van der Waals surface area contributed by atoms with Crippen molar-refractivity contribution in [1.29, 1.82) is 0 Å². The van der Waals surface area contributed by atoms with Crippen LogP contribution in [0.15, 0.2) is 176 Å². The van der Waals surface area contributed by atoms with Gasteiger partial charge in [-0.15, -0.1) is 0 Å². The second kappa shape index (κ2) is 12.0. The summed E-state index contributed by atoms with van der Waals surface area (Å²) in [7, 11) is 0. The maximum absolute atomic E-state index is 5.07. The highest BCUT2D eigenvalue weighted by molar-refractivity contribution is 6.21. The molecule has 1 aromatic heterocycles. The van der Waals surface area contributed by atoms with E-state index in [9.17, 15) is 0 Å². The van der Waals surface area contributed by atoms with E-state index in [0.717, 1.165) is 27.5 Å². The van der Waals surface area contributed by atoms with Crippen LogP contribution in [0.4, 0.5) is 0 Å². The van der Waals surface area contributed by atoms with Gasteiger partial charge in [0, 0.05) is 22.1 Å². The van der Waals surface area contributed by atoms with Crippen molar-refractivity contribution in [3.8, 4) is 56.4 Å². The van der Waals surface area contributed by atoms with Gasteiger partial charge in [-0.1, -0.05) is 166 Å². The van der Waals surface area contributed by atoms with E-state index in [-0.39, 0.29) is 5.41 Å². The van der Waals surface area contributed by atoms with Gasteiger partial charge >= 0.3 is 0 Å². The second-order valence-corrected chi connectivity index (χ2v) is 15.2. The second-order valence-electron chi connectivity index (χ2n) is 15.2. The third-order valence-corrected chi connectivity index (χ3v) is 11.7. The van der Waals surface area contributed by atoms with Crippen LogP contribution < -0.4 is 0 Å². The lowest BCUT2D eigenvalue weighted by Gasteiger charge is -2.22. The maximum atomic E-state index is 5.07. The van der Waals surface area contributed by atoms with E-state index in [0.29, 0.717) is 17.5 Å². The van der Waals surface area contributed by atoms with E-state index in [1.807, 2.05) is 60.7 Å². The van der Waals surface area contributed by atoms with Crippen molar-refractivity contribution in [3.05, 3.63) is 187 Å². The van der Waals surface area contributed by atoms with Crippen molar-refractivity contribution in [2.45, 2.75) is 19.3 Å². The number of benzene rings is 9. The SMILES string of the molecule is CC1(C)c2ccccc2-c2cc3c(ccc4ccc5cc(-c6ccc(-c7nc(-c8ccccc8)nc(-c8ccccc8)n7)c7ccccc67)ccc5c43)cc21. The van der Waals surface area contributed by atoms with Crippen molar-refractivity contribution in [2.75, 3.05) is 0 Å². The van der Waals surface area contributed by atoms with Crippen molar-refractivity contribution in [1.82, 2.24) is 15.0 Å². The van der Waals surface area contributed by atoms with Crippen LogP contribution >= 0.6 is 0 Å². The molecule has 11 rings (SSSR count). The molecule has 0 amide bonds. The molecule has 9 aromatic carbocycles. The molecule has 0 unspecified atom stereocenters. The minimum atomic E-state index is -0.0288. The van der Waals surface area contributed by atoms with Gasteiger partial charge in [0.05, 0.1) is 0 Å². The van der Waals surface area contributed by atoms with Crippen LogP contribution in [0, 0.1) is 0 Å². The number of hydrogen-bond donors (Lipinski definition) is 0. The Morgan fingerprint density at radius 1 is 0.327 bits per heavy atom. The summed E-state index contributed by atoms with van der Waals surface area (Å²) in [6.45, 7) is 4.71. The van der Waals surface area contributed by atoms with Crippen LogP contribution in [-0.2, 0) is 5.41 Å². The predicted molar refractivity (Wildman–Crippen MR) is 229 cm³/mol. The lowest BCUT2D eigenvalue weighted by Crippen LogP contribution is -2.14. The summed E-state index contributed by atoms with van der Waals surface area (Å²) in [5.74, 6) is 1.97. The lowest BCUT2D eigenvalue weighted by atomic mass is 9.81. The summed E-state index contributed by atoms with van der Waals surface area (Å²) in [6, 6.07) is 63.2. The standard InChI is InChI=1S/C52H35N3/c1-52(2)46-20-12-11-19-42(46)45-31-44-37(30-47(45)52)24-22-32-21-23-36-29-35(25-26-39(36)48(32)44)38-27-28-43(41-18-10-9-17-40(38)41)51-54-49(33-13-5-3-6-14-33)53-50(55-51)34-15-7-4-8-16-34/h3-31H,1-2H3. The fraction of sp³-hybridized carbons (Fsp3) is 0.0577. The third kappa shape index (κ3) is 4.93. The first kappa shape index (κ1) is 31.5. The van der Waals surface area contributed by atoms with Crippen molar-refractivity contribution in [2.24, 2.45) is 0 Å². The quantitative estimate of drug-likeness (QED) is 0.171. The van der Waals surface area contributed by atoms with Gasteiger partial charge in [0.2, 0.25) is 0 Å². The smallest absolute Gasteiger partial charge is 0.164 e. The van der Waals surface area contributed by atoms with Gasteiger partial charge in [-0.05, 0) is 101 Å². The molecule has 0 atom stereocenters. The van der Waals surface area contributed by atoms with E-state index < -0.39 is 0 Å². The van der Waals surface area contributed by atoms with Crippen LogP contribution in [0.3, 0.4) is 0 Å². The summed E-state index contributed by atoms with van der Waals surface area (Å²) in [4.78, 5) is 15.1. The first-order chi connectivity index (χ1) is 27.0. The molecule has 0 saturated carbocycles. The van der Waals surface area contributed by atoms with Crippen molar-refractivity contribution in [3.63, 3.8) is 0 Å². The Balaban J connectivity index is 1.07. The molecule has 1 aliphatic rings. The van der Waals surface area contributed by atoms with Gasteiger partial charge < -0.3 is 0 Å². The molecule has 258 valence electrons. The highest BCUT2D eigenvalue weighted by Crippen LogP contribution is 2.50. The Kier molecular flexibility index (Phi) is 6.90. The summed E-state index contributed by atoms with van der Waals surface area (Å²) in [5.41, 5.74) is 10.7. The molecule has 3 nitrogen and oxygen atoms in total. The highest BCUT2D eigenvalue weighted by Gasteiger charge is 2.35. The highest BCUT2D eigenvalue weighted by atomic mass is 15.0. The van der Waals surface area contributed by atoms with Gasteiger partial charge in [0.15, 0.2) is 17.5 Å². The van der Waals surface area contributed by atoms with Crippen molar-refractivity contribution < 1.29 is 0 Å². The largest absolute Gasteiger partial charge is 0.208 e. The normalized spacial score (nSPS) is 13.1. The molecule has 55 heavy (non-hydrogen) atoms. The van der Waals surface area contributed by atoms with Gasteiger partial charge in [-0.25, -0.2) is 15.0 Å². The van der Waals surface area contributed by atoms with E-state index in [1.54, 1.807) is 0 Å². The Hall–Kier alpha value is -6.97. The lowest BCUT2D eigenvalue weighted by molar-refractivity contribution is 0.661. The molecule has 0 fully saturated rings. The minimum absolute atomic E-state index is 0.0288. The molecule has 10 aromatic rings. The Morgan fingerprint density at radius 2 is 0.891 bits per heavy atom. The number of rotatable bonds is 4. The van der Waals surface area contributed by atoms with Crippen LogP contribution in [0.25, 0.3) is 99.5 Å². The number of aromatic nitrogens is 3. The van der Waals surface area contributed by atoms with Gasteiger partial charge in [-0.2, -0.15) is 0 Å². The van der Waals surface area contributed by atoms with Gasteiger partial charge in [-0.3, -0.25) is 0 Å². The van der Waals surface area contributed by atoms with Gasteiger partial charge in [0.25, 0.3) is 0 Å². The maximum Gasteiger partial charge on any atom is 0.164 e. The van der Waals surface area contributed by atoms with E-state index in [1.165, 1.54) is 65.7 Å². The van der Waals surface area contributed by atoms with E-state index >= 15 is 0 Å². The molecule has 1 heterocycles. The molecule has 0 N–H and O–H groups in total. The molecule has 1 aliphatic carbocycles. The molecule has 0 saturated heterocycles. The van der Waals surface area contributed by atoms with Crippen molar-refractivity contribution >= 4 is 43.1 Å². The molecule has 0 aliphatic heterocycles. The Bertz CT molecular complexity index is 3110. The molecular weight excluding hydrogens is 667 g/mol. The molecular formula is C52H35N3. The monoisotopic (exact) mass is 701 g/mol. The summed E-state index contributed by atoms with van der Waals surface area (Å²) < 4.78 is 0. The molecule has 3 heteroatoms. The molecule has 0 radical (unpaired) electrons. The average molecular weight is 702 g/mol. The summed E-state index contributed by atoms with van der Waals surface area (Å²) >= 11 is 0. The first-order valence-corrected chi connectivity index (χ1v) is 18.9. The Labute approximate surface area is 319 Å². The fourth-order valence-electron chi connectivity index (χ4n) is 8.93. The summed E-state index contributed by atoms with van der Waals surface area (Å²) in [6.07, 6.45) is 0. The zero-order valence-corrected chi connectivity index (χ0v) is 30.6. The summed E-state index contributed by atoms with van der Waals surface area (Å²) in [5, 5.41) is 9.92. The zero-order chi connectivity index (χ0) is 36.7. The first-order valence-electron chi connectivity index (χ1n) is 18.9. The van der Waals surface area contributed by atoms with Crippen LogP contribution in [-0.4, -0.2) is 15.0 Å². The molecule has 0 spiro atoms. The van der Waals surface area contributed by atoms with E-state index in [2.05, 4.69) is 129 Å². The van der Waals surface area contributed by atoms with Crippen LogP contribution in [0.5, 0.6) is 0 Å². The van der Waals surface area contributed by atoms with E-state index in [4.69, 9.17) is 15.0 Å². The predicted octanol–water partition coefficient (Wildman–Crippen LogP) is 13.5. The number of hydrogen-bond acceptors (Lipinski definition) is 3. The Morgan fingerprint density at radius 3 is 1.60 bits per heavy atom. The van der Waals surface area contributed by atoms with Gasteiger partial charge in [0.1, 0.15) is 0 Å². The fourth-order valence-corrected chi connectivity index (χ4v) is 8.93. The third-order valence-electron chi connectivity index (χ3n) is 11.7. The average Bonchev–Trinajstić information content (AvgIpc) is 3.47. The number of nitrogens with zero attached hydrogens (tertiary/aromatic N) is 3. The zero-order valence-electron chi connectivity index (χ0n) is 30.6. The van der Waals surface area contributed by atoms with Crippen LogP contribution in [0.2, 0.25) is 0 Å². The van der Waals surface area contributed by atoms with Crippen LogP contribution in [0.1, 0.15) is 25.0 Å². The molecule has 0 bridgehead atoms. The minimum Gasteiger partial charge on any atom is -0.208 e. The topological polar surface area (TPSA) is 38.7 Å². The number of fused-ring (bicyclic) bond motifs is 9.